The molecule has 0 bridgehead atoms. The number of hydrogen-bond acceptors (Lipinski definition) is 2. The fraction of sp³-hybridized carbons (Fsp3) is 0.600. The lowest BCUT2D eigenvalue weighted by Gasteiger charge is -2.10. The minimum absolute atomic E-state index is 0.188. The van der Waals surface area contributed by atoms with Gasteiger partial charge in [-0.3, -0.25) is 0 Å². The van der Waals surface area contributed by atoms with Gasteiger partial charge in [0.05, 0.1) is 6.10 Å². The first-order chi connectivity index (χ1) is 8.29. The van der Waals surface area contributed by atoms with Crippen LogP contribution in [-0.2, 0) is 19.3 Å². The predicted molar refractivity (Wildman–Crippen MR) is 71.1 cm³/mol. The first-order valence-corrected chi connectivity index (χ1v) is 6.78. The molecule has 0 fully saturated rings. The molecule has 1 atom stereocenters. The van der Waals surface area contributed by atoms with Crippen LogP contribution in [0.25, 0.3) is 0 Å². The average molecular weight is 233 g/mol. The molecule has 1 aliphatic carbocycles. The van der Waals surface area contributed by atoms with Crippen molar-refractivity contribution in [2.24, 2.45) is 5.73 Å². The van der Waals surface area contributed by atoms with Crippen molar-refractivity contribution in [3.05, 3.63) is 34.9 Å². The summed E-state index contributed by atoms with van der Waals surface area (Å²) in [5, 5.41) is 9.78. The van der Waals surface area contributed by atoms with Crippen molar-refractivity contribution in [1.82, 2.24) is 0 Å². The highest BCUT2D eigenvalue weighted by Crippen LogP contribution is 2.23. The maximum Gasteiger partial charge on any atom is 0.0543 e. The normalized spacial score (nSPS) is 15.9. The van der Waals surface area contributed by atoms with Gasteiger partial charge in [0.15, 0.2) is 0 Å². The highest BCUT2D eigenvalue weighted by Gasteiger charge is 2.11. The maximum absolute atomic E-state index is 9.78. The number of hydrogen-bond donors (Lipinski definition) is 2. The van der Waals surface area contributed by atoms with Gasteiger partial charge >= 0.3 is 0 Å². The van der Waals surface area contributed by atoms with Gasteiger partial charge in [-0.1, -0.05) is 18.2 Å². The molecule has 1 unspecified atom stereocenters. The number of rotatable bonds is 6. The molecule has 2 heteroatoms. The molecule has 0 radical (unpaired) electrons. The van der Waals surface area contributed by atoms with Gasteiger partial charge in [0.25, 0.3) is 0 Å². The third-order valence-corrected chi connectivity index (χ3v) is 3.67. The SMILES string of the molecule is NCCCC(O)CCc1ccc2c(c1)CCC2. The minimum atomic E-state index is -0.188. The molecule has 0 aliphatic heterocycles. The number of fused-ring (bicyclic) bond motifs is 1. The number of aliphatic hydroxyl groups is 1. The van der Waals surface area contributed by atoms with E-state index >= 15 is 0 Å². The van der Waals surface area contributed by atoms with Crippen molar-refractivity contribution < 1.29 is 5.11 Å². The monoisotopic (exact) mass is 233 g/mol. The zero-order chi connectivity index (χ0) is 12.1. The van der Waals surface area contributed by atoms with Crippen molar-refractivity contribution in [2.45, 2.75) is 51.0 Å². The molecule has 17 heavy (non-hydrogen) atoms. The van der Waals surface area contributed by atoms with Gasteiger partial charge in [-0.2, -0.15) is 0 Å². The van der Waals surface area contributed by atoms with Gasteiger partial charge in [-0.05, 0) is 68.2 Å². The summed E-state index contributed by atoms with van der Waals surface area (Å²) >= 11 is 0. The van der Waals surface area contributed by atoms with E-state index in [1.54, 1.807) is 0 Å². The molecular formula is C15H23NO. The molecule has 0 saturated heterocycles. The van der Waals surface area contributed by atoms with E-state index in [4.69, 9.17) is 5.73 Å². The Bertz CT molecular complexity index is 362. The molecule has 2 rings (SSSR count). The highest BCUT2D eigenvalue weighted by atomic mass is 16.3. The predicted octanol–water partition coefficient (Wildman–Crippen LogP) is 2.21. The zero-order valence-electron chi connectivity index (χ0n) is 10.5. The summed E-state index contributed by atoms with van der Waals surface area (Å²) in [6.45, 7) is 0.676. The Hall–Kier alpha value is -0.860. The molecule has 0 heterocycles. The highest BCUT2D eigenvalue weighted by molar-refractivity contribution is 5.35. The Balaban J connectivity index is 1.83. The van der Waals surface area contributed by atoms with Crippen LogP contribution in [0.1, 0.15) is 42.4 Å². The van der Waals surface area contributed by atoms with E-state index in [1.165, 1.54) is 36.0 Å². The van der Waals surface area contributed by atoms with Crippen LogP contribution in [0.2, 0.25) is 0 Å². The first kappa shape index (κ1) is 12.6. The second-order valence-corrected chi connectivity index (χ2v) is 5.08. The van der Waals surface area contributed by atoms with Crippen LogP contribution >= 0.6 is 0 Å². The van der Waals surface area contributed by atoms with Crippen molar-refractivity contribution in [1.29, 1.82) is 0 Å². The van der Waals surface area contributed by atoms with Crippen molar-refractivity contribution in [2.75, 3.05) is 6.54 Å². The number of aliphatic hydroxyl groups excluding tert-OH is 1. The summed E-state index contributed by atoms with van der Waals surface area (Å²) in [6, 6.07) is 6.82. The summed E-state index contributed by atoms with van der Waals surface area (Å²) in [4.78, 5) is 0. The average Bonchev–Trinajstić information content (AvgIpc) is 2.81. The fourth-order valence-electron chi connectivity index (χ4n) is 2.61. The van der Waals surface area contributed by atoms with Gasteiger partial charge in [-0.15, -0.1) is 0 Å². The van der Waals surface area contributed by atoms with E-state index in [2.05, 4.69) is 18.2 Å². The molecule has 94 valence electrons. The summed E-state index contributed by atoms with van der Waals surface area (Å²) in [5.74, 6) is 0. The zero-order valence-corrected chi connectivity index (χ0v) is 10.5. The molecule has 2 nitrogen and oxygen atoms in total. The van der Waals surface area contributed by atoms with E-state index in [1.807, 2.05) is 0 Å². The van der Waals surface area contributed by atoms with Crippen molar-refractivity contribution in [3.8, 4) is 0 Å². The lowest BCUT2D eigenvalue weighted by atomic mass is 10.0. The van der Waals surface area contributed by atoms with Crippen LogP contribution in [0.3, 0.4) is 0 Å². The van der Waals surface area contributed by atoms with Crippen LogP contribution < -0.4 is 5.73 Å². The molecule has 1 aliphatic rings. The Kier molecular flexibility index (Phi) is 4.57. The van der Waals surface area contributed by atoms with Gasteiger partial charge in [0.2, 0.25) is 0 Å². The first-order valence-electron chi connectivity index (χ1n) is 6.78. The Morgan fingerprint density at radius 2 is 2.00 bits per heavy atom. The van der Waals surface area contributed by atoms with Crippen LogP contribution in [0.4, 0.5) is 0 Å². The summed E-state index contributed by atoms with van der Waals surface area (Å²) in [7, 11) is 0. The fourth-order valence-corrected chi connectivity index (χ4v) is 2.61. The molecule has 0 aromatic heterocycles. The summed E-state index contributed by atoms with van der Waals surface area (Å²) < 4.78 is 0. The molecule has 3 N–H and O–H groups in total. The molecule has 1 aromatic carbocycles. The van der Waals surface area contributed by atoms with Gasteiger partial charge in [-0.25, -0.2) is 0 Å². The largest absolute Gasteiger partial charge is 0.393 e. The number of aryl methyl sites for hydroxylation is 3. The second kappa shape index (κ2) is 6.18. The smallest absolute Gasteiger partial charge is 0.0543 e. The number of nitrogens with two attached hydrogens (primary N) is 1. The molecular weight excluding hydrogens is 210 g/mol. The van der Waals surface area contributed by atoms with E-state index in [-0.39, 0.29) is 6.10 Å². The Morgan fingerprint density at radius 3 is 2.82 bits per heavy atom. The molecule has 0 amide bonds. The Morgan fingerprint density at radius 1 is 1.18 bits per heavy atom. The molecule has 1 aromatic rings. The van der Waals surface area contributed by atoms with Crippen LogP contribution in [0.15, 0.2) is 18.2 Å². The van der Waals surface area contributed by atoms with Crippen LogP contribution in [0, 0.1) is 0 Å². The van der Waals surface area contributed by atoms with Crippen molar-refractivity contribution in [3.63, 3.8) is 0 Å². The van der Waals surface area contributed by atoms with E-state index in [9.17, 15) is 5.11 Å². The van der Waals surface area contributed by atoms with Gasteiger partial charge < -0.3 is 10.8 Å². The molecule has 0 spiro atoms. The third kappa shape index (κ3) is 3.55. The van der Waals surface area contributed by atoms with Crippen LogP contribution in [-0.4, -0.2) is 17.8 Å². The molecule has 0 saturated carbocycles. The maximum atomic E-state index is 9.78. The number of benzene rings is 1. The second-order valence-electron chi connectivity index (χ2n) is 5.08. The summed E-state index contributed by atoms with van der Waals surface area (Å²) in [6.07, 6.45) is 7.20. The summed E-state index contributed by atoms with van der Waals surface area (Å²) in [5.41, 5.74) is 9.86. The lowest BCUT2D eigenvalue weighted by molar-refractivity contribution is 0.153. The van der Waals surface area contributed by atoms with E-state index in [0.29, 0.717) is 6.54 Å². The van der Waals surface area contributed by atoms with E-state index in [0.717, 1.165) is 25.7 Å². The quantitative estimate of drug-likeness (QED) is 0.791. The Labute approximate surface area is 104 Å². The van der Waals surface area contributed by atoms with Gasteiger partial charge in [0, 0.05) is 0 Å². The standard InChI is InChI=1S/C15H23NO/c16-10-2-5-15(17)9-7-12-6-8-13-3-1-4-14(13)11-12/h6,8,11,15,17H,1-5,7,9-10,16H2. The lowest BCUT2D eigenvalue weighted by Crippen LogP contribution is -2.11. The minimum Gasteiger partial charge on any atom is -0.393 e. The third-order valence-electron chi connectivity index (χ3n) is 3.67. The van der Waals surface area contributed by atoms with Crippen LogP contribution in [0.5, 0.6) is 0 Å². The van der Waals surface area contributed by atoms with Crippen molar-refractivity contribution >= 4 is 0 Å². The topological polar surface area (TPSA) is 46.2 Å². The van der Waals surface area contributed by atoms with E-state index < -0.39 is 0 Å². The van der Waals surface area contributed by atoms with Gasteiger partial charge in [0.1, 0.15) is 0 Å².